The predicted octanol–water partition coefficient (Wildman–Crippen LogP) is 4.61. The van der Waals surface area contributed by atoms with Gasteiger partial charge in [0.05, 0.1) is 12.5 Å². The van der Waals surface area contributed by atoms with Gasteiger partial charge in [-0.05, 0) is 38.8 Å². The number of carbonyl (C=O) groups is 4. The van der Waals surface area contributed by atoms with E-state index in [4.69, 9.17) is 34.4 Å². The van der Waals surface area contributed by atoms with Gasteiger partial charge in [-0.15, -0.1) is 0 Å². The molecule has 0 unspecified atom stereocenters. The van der Waals surface area contributed by atoms with Crippen LogP contribution in [-0.4, -0.2) is 116 Å². The van der Waals surface area contributed by atoms with Crippen LogP contribution in [0, 0.1) is 5.41 Å². The van der Waals surface area contributed by atoms with Gasteiger partial charge >= 0.3 is 36.4 Å². The van der Waals surface area contributed by atoms with Crippen LogP contribution in [0.3, 0.4) is 0 Å². The topological polar surface area (TPSA) is 175 Å². The molecule has 4 heterocycles. The van der Waals surface area contributed by atoms with Crippen molar-refractivity contribution < 1.29 is 78.7 Å². The van der Waals surface area contributed by atoms with Crippen molar-refractivity contribution in [3.63, 3.8) is 0 Å². The fourth-order valence-corrected chi connectivity index (χ4v) is 5.19. The second-order valence-electron chi connectivity index (χ2n) is 11.1. The molecule has 0 radical (unpaired) electrons. The highest BCUT2D eigenvalue weighted by atomic mass is 19.4. The average molecular weight is 740 g/mol. The van der Waals surface area contributed by atoms with Crippen LogP contribution in [0.2, 0.25) is 0 Å². The molecule has 2 atom stereocenters. The number of carboxylic acids is 3. The number of piperidine rings is 1. The van der Waals surface area contributed by atoms with Crippen molar-refractivity contribution in [3.05, 3.63) is 41.9 Å². The maximum absolute atomic E-state index is 13.5. The van der Waals surface area contributed by atoms with Crippen LogP contribution in [0.1, 0.15) is 49.9 Å². The summed E-state index contributed by atoms with van der Waals surface area (Å²) in [5.41, 5.74) is 1.83. The summed E-state index contributed by atoms with van der Waals surface area (Å²) in [4.78, 5) is 48.8. The van der Waals surface area contributed by atoms with Crippen molar-refractivity contribution in [3.8, 4) is 5.88 Å². The maximum Gasteiger partial charge on any atom is 0.490 e. The molecule has 13 nitrogen and oxygen atoms in total. The summed E-state index contributed by atoms with van der Waals surface area (Å²) in [5, 5.41) is 25.9. The van der Waals surface area contributed by atoms with Gasteiger partial charge in [-0.2, -0.15) is 44.6 Å². The third-order valence-electron chi connectivity index (χ3n) is 7.21. The molecule has 2 aliphatic heterocycles. The van der Waals surface area contributed by atoms with Crippen molar-refractivity contribution in [2.24, 2.45) is 5.41 Å². The number of likely N-dealkylation sites (tertiary alicyclic amines) is 2. The molecule has 2 saturated heterocycles. The van der Waals surface area contributed by atoms with E-state index >= 15 is 0 Å². The molecule has 0 saturated carbocycles. The first-order valence-corrected chi connectivity index (χ1v) is 14.2. The van der Waals surface area contributed by atoms with Gasteiger partial charge in [0, 0.05) is 68.8 Å². The highest BCUT2D eigenvalue weighted by Crippen LogP contribution is 2.50. The van der Waals surface area contributed by atoms with E-state index in [1.807, 2.05) is 24.2 Å². The van der Waals surface area contributed by atoms with E-state index in [0.29, 0.717) is 5.88 Å². The molecule has 2 aromatic heterocycles. The second kappa shape index (κ2) is 17.3. The molecular weight excluding hydrogens is 705 g/mol. The van der Waals surface area contributed by atoms with Gasteiger partial charge in [0.15, 0.2) is 0 Å². The number of pyridine rings is 1. The maximum atomic E-state index is 13.5. The zero-order chi connectivity index (χ0) is 38.8. The molecule has 1 amide bonds. The number of rotatable bonds is 5. The number of nitrogens with zero attached hydrogens (tertiary/aromatic N) is 5. The molecule has 4 rings (SSSR count). The first-order valence-electron chi connectivity index (χ1n) is 14.2. The van der Waals surface area contributed by atoms with E-state index in [1.165, 1.54) is 5.69 Å². The van der Waals surface area contributed by atoms with Crippen molar-refractivity contribution in [2.45, 2.75) is 63.7 Å². The largest absolute Gasteiger partial charge is 0.490 e. The highest BCUT2D eigenvalue weighted by molar-refractivity contribution is 5.85. The first-order chi connectivity index (χ1) is 22.8. The van der Waals surface area contributed by atoms with E-state index in [0.717, 1.165) is 44.6 Å². The summed E-state index contributed by atoms with van der Waals surface area (Å²) >= 11 is 0. The number of carboxylic acid groups (broad SMARTS) is 3. The number of amides is 1. The molecule has 2 aromatic rings. The number of alkyl halides is 9. The van der Waals surface area contributed by atoms with Gasteiger partial charge in [0.2, 0.25) is 11.8 Å². The van der Waals surface area contributed by atoms with E-state index < -0.39 is 41.9 Å². The van der Waals surface area contributed by atoms with Crippen LogP contribution in [0.5, 0.6) is 5.88 Å². The molecule has 1 spiro atoms. The van der Waals surface area contributed by atoms with Gasteiger partial charge in [-0.25, -0.2) is 19.4 Å². The van der Waals surface area contributed by atoms with E-state index in [1.54, 1.807) is 13.3 Å². The standard InChI is InChI=1S/C22H31N5O2.3C2HF3O2/c1-16(2)27-19(8-11-24-27)18-14-26(13-17-7-5-10-23-20(17)29-4)15-22(18)9-6-12-25(3)21(22)28;3*3-2(4,5)1(6)7/h5,7-8,10-11,16,18H,6,9,12-15H2,1-4H3;3*(H,6,7)/t18-,22+;;;/m0.../s1. The van der Waals surface area contributed by atoms with E-state index in [2.05, 4.69) is 45.6 Å². The minimum absolute atomic E-state index is 0.130. The minimum Gasteiger partial charge on any atom is -0.481 e. The molecule has 2 aliphatic rings. The average Bonchev–Trinajstić information content (AvgIpc) is 3.61. The molecule has 0 aromatic carbocycles. The van der Waals surface area contributed by atoms with Crippen LogP contribution in [-0.2, 0) is 25.7 Å². The van der Waals surface area contributed by atoms with Crippen LogP contribution in [0.15, 0.2) is 30.6 Å². The quantitative estimate of drug-likeness (QED) is 0.366. The van der Waals surface area contributed by atoms with Gasteiger partial charge in [-0.3, -0.25) is 14.4 Å². The Morgan fingerprint density at radius 3 is 1.88 bits per heavy atom. The zero-order valence-electron chi connectivity index (χ0n) is 26.8. The summed E-state index contributed by atoms with van der Waals surface area (Å²) in [6.07, 6.45) is -9.67. The lowest BCUT2D eigenvalue weighted by Crippen LogP contribution is -2.50. The van der Waals surface area contributed by atoms with Crippen molar-refractivity contribution in [1.29, 1.82) is 0 Å². The monoisotopic (exact) mass is 739 g/mol. The van der Waals surface area contributed by atoms with Gasteiger partial charge in [-0.1, -0.05) is 6.07 Å². The molecule has 22 heteroatoms. The molecule has 50 heavy (non-hydrogen) atoms. The third kappa shape index (κ3) is 12.1. The molecule has 0 bridgehead atoms. The lowest BCUT2D eigenvalue weighted by Gasteiger charge is -2.41. The smallest absolute Gasteiger partial charge is 0.481 e. The molecular formula is C28H34F9N5O8. The van der Waals surface area contributed by atoms with Crippen LogP contribution in [0.25, 0.3) is 0 Å². The Balaban J connectivity index is 0.000000486. The van der Waals surface area contributed by atoms with E-state index in [-0.39, 0.29) is 17.9 Å². The lowest BCUT2D eigenvalue weighted by molar-refractivity contribution is -0.193. The Morgan fingerprint density at radius 1 is 0.940 bits per heavy atom. The first kappa shape index (κ1) is 43.4. The number of carbonyl (C=O) groups excluding carboxylic acids is 1. The lowest BCUT2D eigenvalue weighted by atomic mass is 9.70. The van der Waals surface area contributed by atoms with Crippen molar-refractivity contribution in [2.75, 3.05) is 33.8 Å². The second-order valence-corrected chi connectivity index (χ2v) is 11.1. The minimum atomic E-state index is -5.08. The summed E-state index contributed by atoms with van der Waals surface area (Å²) in [6.45, 7) is 7.43. The fraction of sp³-hybridized carbons (Fsp3) is 0.571. The van der Waals surface area contributed by atoms with Gasteiger partial charge in [0.25, 0.3) is 0 Å². The van der Waals surface area contributed by atoms with Crippen LogP contribution < -0.4 is 4.74 Å². The number of methoxy groups -OCH3 is 1. The predicted molar refractivity (Wildman–Crippen MR) is 152 cm³/mol. The number of halogens is 9. The fourth-order valence-electron chi connectivity index (χ4n) is 5.19. The number of hydrogen-bond donors (Lipinski definition) is 3. The number of ether oxygens (including phenoxy) is 1. The Bertz CT molecular complexity index is 1410. The number of aromatic nitrogens is 3. The Morgan fingerprint density at radius 2 is 1.44 bits per heavy atom. The normalized spacial score (nSPS) is 19.4. The van der Waals surface area contributed by atoms with Crippen LogP contribution >= 0.6 is 0 Å². The summed E-state index contributed by atoms with van der Waals surface area (Å²) in [6, 6.07) is 6.36. The number of aliphatic carboxylic acids is 3. The molecule has 282 valence electrons. The summed E-state index contributed by atoms with van der Waals surface area (Å²) in [7, 11) is 3.59. The number of hydrogen-bond acceptors (Lipinski definition) is 8. The van der Waals surface area contributed by atoms with Gasteiger partial charge < -0.3 is 25.0 Å². The third-order valence-corrected chi connectivity index (χ3v) is 7.21. The van der Waals surface area contributed by atoms with E-state index in [9.17, 15) is 44.3 Å². The SMILES string of the molecule is COc1ncccc1CN1C[C@@H](c2ccnn2C(C)C)[C@@]2(CCCN(C)C2=O)C1.O=C(O)C(F)(F)F.O=C(O)C(F)(F)F.O=C(O)C(F)(F)F. The zero-order valence-corrected chi connectivity index (χ0v) is 26.8. The van der Waals surface area contributed by atoms with Gasteiger partial charge in [0.1, 0.15) is 0 Å². The van der Waals surface area contributed by atoms with Crippen LogP contribution in [0.4, 0.5) is 39.5 Å². The Kier molecular flexibility index (Phi) is 15.1. The summed E-state index contributed by atoms with van der Waals surface area (Å²) < 4.78 is 103. The molecule has 2 fully saturated rings. The summed E-state index contributed by atoms with van der Waals surface area (Å²) in [5.74, 6) is -7.21. The Labute approximate surface area is 278 Å². The Hall–Kier alpha value is -4.63. The van der Waals surface area contributed by atoms with Crippen molar-refractivity contribution >= 4 is 23.8 Å². The highest BCUT2D eigenvalue weighted by Gasteiger charge is 2.55. The molecule has 3 N–H and O–H groups in total. The molecule has 0 aliphatic carbocycles. The van der Waals surface area contributed by atoms with Crippen molar-refractivity contribution in [1.82, 2.24) is 24.6 Å².